The summed E-state index contributed by atoms with van der Waals surface area (Å²) in [6.07, 6.45) is 4.36. The van der Waals surface area contributed by atoms with Crippen molar-refractivity contribution >= 4 is 32.7 Å². The van der Waals surface area contributed by atoms with Crippen LogP contribution in [0.1, 0.15) is 37.4 Å². The third kappa shape index (κ3) is 2.24. The first-order chi connectivity index (χ1) is 9.70. The quantitative estimate of drug-likeness (QED) is 0.731. The summed E-state index contributed by atoms with van der Waals surface area (Å²) >= 11 is 1.40. The Labute approximate surface area is 121 Å². The fraction of sp³-hybridized carbons (Fsp3) is 0.375. The summed E-state index contributed by atoms with van der Waals surface area (Å²) in [4.78, 5) is 16.9. The Hall–Kier alpha value is -1.68. The highest BCUT2D eigenvalue weighted by atomic mass is 32.1. The molecule has 2 aromatic heterocycles. The maximum atomic E-state index is 12.7. The van der Waals surface area contributed by atoms with Gasteiger partial charge in [-0.3, -0.25) is 4.79 Å². The van der Waals surface area contributed by atoms with Gasteiger partial charge in [-0.05, 0) is 43.4 Å². The lowest BCUT2D eigenvalue weighted by molar-refractivity contribution is 0.713. The lowest BCUT2D eigenvalue weighted by Crippen LogP contribution is -2.05. The number of aryl methyl sites for hydroxylation is 2. The van der Waals surface area contributed by atoms with Crippen LogP contribution in [0.4, 0.5) is 0 Å². The number of unbranched alkanes of at least 4 members (excludes halogenated alkanes) is 2. The summed E-state index contributed by atoms with van der Waals surface area (Å²) < 4.78 is 4.48. The van der Waals surface area contributed by atoms with Crippen LogP contribution in [0.5, 0.6) is 0 Å². The number of benzene rings is 1. The zero-order valence-electron chi connectivity index (χ0n) is 11.8. The van der Waals surface area contributed by atoms with E-state index in [-0.39, 0.29) is 5.43 Å². The Morgan fingerprint density at radius 1 is 1.30 bits per heavy atom. The van der Waals surface area contributed by atoms with Crippen molar-refractivity contribution in [3.05, 3.63) is 39.7 Å². The van der Waals surface area contributed by atoms with Crippen molar-refractivity contribution in [2.45, 2.75) is 39.5 Å². The summed E-state index contributed by atoms with van der Waals surface area (Å²) in [5.41, 5.74) is 3.09. The first-order valence-corrected chi connectivity index (χ1v) is 7.89. The van der Waals surface area contributed by atoms with E-state index in [2.05, 4.69) is 16.3 Å². The van der Waals surface area contributed by atoms with Gasteiger partial charge in [0, 0.05) is 5.39 Å². The highest BCUT2D eigenvalue weighted by Crippen LogP contribution is 2.23. The Bertz CT molecular complexity index is 816. The standard InChI is InChI=1S/C16H18N2OS/c1-3-4-5-6-13-14-15(19)11-9-10(2)7-8-12(11)17-16(14)20-18-13/h7-9H,3-6H2,1-2H3,(H,17,19). The lowest BCUT2D eigenvalue weighted by atomic mass is 10.1. The highest BCUT2D eigenvalue weighted by Gasteiger charge is 2.13. The van der Waals surface area contributed by atoms with Gasteiger partial charge in [-0.1, -0.05) is 31.4 Å². The van der Waals surface area contributed by atoms with E-state index >= 15 is 0 Å². The van der Waals surface area contributed by atoms with Gasteiger partial charge in [0.2, 0.25) is 0 Å². The number of aromatic amines is 1. The van der Waals surface area contributed by atoms with Crippen molar-refractivity contribution < 1.29 is 0 Å². The summed E-state index contributed by atoms with van der Waals surface area (Å²) in [6.45, 7) is 4.19. The molecule has 3 nitrogen and oxygen atoms in total. The predicted molar refractivity (Wildman–Crippen MR) is 85.7 cm³/mol. The summed E-state index contributed by atoms with van der Waals surface area (Å²) in [6, 6.07) is 5.95. The second kappa shape index (κ2) is 5.37. The van der Waals surface area contributed by atoms with Gasteiger partial charge >= 0.3 is 0 Å². The number of fused-ring (bicyclic) bond motifs is 2. The van der Waals surface area contributed by atoms with Gasteiger partial charge < -0.3 is 4.98 Å². The smallest absolute Gasteiger partial charge is 0.200 e. The molecule has 0 saturated heterocycles. The maximum Gasteiger partial charge on any atom is 0.200 e. The van der Waals surface area contributed by atoms with Crippen molar-refractivity contribution in [2.24, 2.45) is 0 Å². The van der Waals surface area contributed by atoms with Crippen molar-refractivity contribution in [3.8, 4) is 0 Å². The van der Waals surface area contributed by atoms with Crippen LogP contribution in [0.2, 0.25) is 0 Å². The summed E-state index contributed by atoms with van der Waals surface area (Å²) in [5.74, 6) is 0. The minimum Gasteiger partial charge on any atom is -0.345 e. The normalized spacial score (nSPS) is 11.5. The van der Waals surface area contributed by atoms with E-state index in [1.54, 1.807) is 0 Å². The molecule has 0 aliphatic heterocycles. The fourth-order valence-corrected chi connectivity index (χ4v) is 3.41. The zero-order valence-corrected chi connectivity index (χ0v) is 12.6. The first kappa shape index (κ1) is 13.3. The number of H-pyrrole nitrogens is 1. The summed E-state index contributed by atoms with van der Waals surface area (Å²) in [7, 11) is 0. The van der Waals surface area contributed by atoms with Crippen molar-refractivity contribution in [1.29, 1.82) is 0 Å². The number of nitrogens with one attached hydrogen (secondary N) is 1. The molecule has 0 aliphatic rings. The molecule has 0 aliphatic carbocycles. The van der Waals surface area contributed by atoms with Crippen molar-refractivity contribution in [3.63, 3.8) is 0 Å². The molecule has 1 aromatic carbocycles. The van der Waals surface area contributed by atoms with Gasteiger partial charge in [-0.15, -0.1) is 0 Å². The SMILES string of the molecule is CCCCCc1nsc2[nH]c3ccc(C)cc3c(=O)c12. The zero-order chi connectivity index (χ0) is 14.1. The van der Waals surface area contributed by atoms with Crippen molar-refractivity contribution in [1.82, 2.24) is 9.36 Å². The molecule has 3 aromatic rings. The van der Waals surface area contributed by atoms with Crippen LogP contribution in [-0.4, -0.2) is 9.36 Å². The molecule has 0 fully saturated rings. The molecule has 0 amide bonds. The van der Waals surface area contributed by atoms with Crippen LogP contribution in [0.15, 0.2) is 23.0 Å². The molecule has 0 radical (unpaired) electrons. The molecule has 20 heavy (non-hydrogen) atoms. The van der Waals surface area contributed by atoms with Crippen LogP contribution in [-0.2, 0) is 6.42 Å². The Balaban J connectivity index is 2.18. The number of aromatic nitrogens is 2. The van der Waals surface area contributed by atoms with Crippen LogP contribution >= 0.6 is 11.5 Å². The average molecular weight is 286 g/mol. The van der Waals surface area contributed by atoms with Crippen LogP contribution in [0.25, 0.3) is 21.1 Å². The number of hydrogen-bond acceptors (Lipinski definition) is 3. The Morgan fingerprint density at radius 2 is 2.15 bits per heavy atom. The minimum absolute atomic E-state index is 0.123. The molecular weight excluding hydrogens is 268 g/mol. The van der Waals surface area contributed by atoms with Gasteiger partial charge in [-0.2, -0.15) is 4.37 Å². The molecule has 104 valence electrons. The molecule has 2 heterocycles. The third-order valence-corrected chi connectivity index (χ3v) is 4.48. The van der Waals surface area contributed by atoms with E-state index in [0.29, 0.717) is 0 Å². The number of nitrogens with zero attached hydrogens (tertiary/aromatic N) is 1. The molecular formula is C16H18N2OS. The monoisotopic (exact) mass is 286 g/mol. The van der Waals surface area contributed by atoms with Gasteiger partial charge in [0.15, 0.2) is 5.43 Å². The molecule has 0 bridgehead atoms. The lowest BCUT2D eigenvalue weighted by Gasteiger charge is -2.01. The van der Waals surface area contributed by atoms with Gasteiger partial charge in [0.05, 0.1) is 16.6 Å². The van der Waals surface area contributed by atoms with E-state index in [0.717, 1.165) is 45.2 Å². The molecule has 3 rings (SSSR count). The van der Waals surface area contributed by atoms with Crippen molar-refractivity contribution in [2.75, 3.05) is 0 Å². The van der Waals surface area contributed by atoms with Gasteiger partial charge in [0.25, 0.3) is 0 Å². The Kier molecular flexibility index (Phi) is 3.57. The van der Waals surface area contributed by atoms with E-state index in [9.17, 15) is 4.79 Å². The molecule has 0 atom stereocenters. The van der Waals surface area contributed by atoms with E-state index < -0.39 is 0 Å². The number of hydrogen-bond donors (Lipinski definition) is 1. The highest BCUT2D eigenvalue weighted by molar-refractivity contribution is 7.13. The van der Waals surface area contributed by atoms with Crippen LogP contribution in [0.3, 0.4) is 0 Å². The van der Waals surface area contributed by atoms with E-state index in [1.165, 1.54) is 24.4 Å². The third-order valence-electron chi connectivity index (χ3n) is 3.67. The molecule has 4 heteroatoms. The predicted octanol–water partition coefficient (Wildman–Crippen LogP) is 4.18. The fourth-order valence-electron chi connectivity index (χ4n) is 2.57. The maximum absolute atomic E-state index is 12.7. The van der Waals surface area contributed by atoms with Gasteiger partial charge in [-0.25, -0.2) is 0 Å². The van der Waals surface area contributed by atoms with E-state index in [1.807, 2.05) is 25.1 Å². The topological polar surface area (TPSA) is 45.8 Å². The average Bonchev–Trinajstić information content (AvgIpc) is 2.84. The first-order valence-electron chi connectivity index (χ1n) is 7.11. The molecule has 0 saturated carbocycles. The number of pyridine rings is 1. The second-order valence-corrected chi connectivity index (χ2v) is 6.07. The number of rotatable bonds is 4. The van der Waals surface area contributed by atoms with Gasteiger partial charge in [0.1, 0.15) is 4.83 Å². The minimum atomic E-state index is 0.123. The van der Waals surface area contributed by atoms with Crippen LogP contribution < -0.4 is 5.43 Å². The summed E-state index contributed by atoms with van der Waals surface area (Å²) in [5, 5.41) is 1.57. The molecule has 1 N–H and O–H groups in total. The largest absolute Gasteiger partial charge is 0.345 e. The second-order valence-electron chi connectivity index (χ2n) is 5.29. The van der Waals surface area contributed by atoms with Crippen LogP contribution in [0, 0.1) is 6.92 Å². The van der Waals surface area contributed by atoms with E-state index in [4.69, 9.17) is 0 Å². The molecule has 0 spiro atoms. The Morgan fingerprint density at radius 3 is 2.95 bits per heavy atom. The molecule has 0 unspecified atom stereocenters.